The van der Waals surface area contributed by atoms with Gasteiger partial charge < -0.3 is 5.32 Å². The summed E-state index contributed by atoms with van der Waals surface area (Å²) in [4.78, 5) is 13.1. The van der Waals surface area contributed by atoms with E-state index in [2.05, 4.69) is 11.4 Å². The van der Waals surface area contributed by atoms with Crippen LogP contribution in [-0.4, -0.2) is 20.9 Å². The van der Waals surface area contributed by atoms with Crippen LogP contribution < -0.4 is 9.62 Å². The Balaban J connectivity index is 1.89. The van der Waals surface area contributed by atoms with Crippen molar-refractivity contribution < 1.29 is 13.2 Å². The van der Waals surface area contributed by atoms with Crippen LogP contribution in [0.15, 0.2) is 77.7 Å². The molecule has 3 aromatic rings. The molecule has 0 fully saturated rings. The van der Waals surface area contributed by atoms with Gasteiger partial charge in [0.1, 0.15) is 6.54 Å². The SMILES string of the molecule is CCC(NC(=O)CN(c1ccccc1)S(=O)(=O)c1ccc(Cl)cc1)c1ccc(C)cc1C. The highest BCUT2D eigenvalue weighted by atomic mass is 35.5. The zero-order valence-electron chi connectivity index (χ0n) is 18.4. The molecule has 3 aromatic carbocycles. The van der Waals surface area contributed by atoms with E-state index >= 15 is 0 Å². The molecule has 0 radical (unpaired) electrons. The first-order chi connectivity index (χ1) is 15.2. The highest BCUT2D eigenvalue weighted by Gasteiger charge is 2.28. The van der Waals surface area contributed by atoms with Crippen molar-refractivity contribution >= 4 is 33.2 Å². The molecule has 0 saturated carbocycles. The lowest BCUT2D eigenvalue weighted by Crippen LogP contribution is -2.42. The number of para-hydroxylation sites is 1. The van der Waals surface area contributed by atoms with Gasteiger partial charge >= 0.3 is 0 Å². The average Bonchev–Trinajstić information content (AvgIpc) is 2.77. The number of nitrogens with zero attached hydrogens (tertiary/aromatic N) is 1. The Morgan fingerprint density at radius 3 is 2.25 bits per heavy atom. The summed E-state index contributed by atoms with van der Waals surface area (Å²) in [5.74, 6) is -0.377. The fraction of sp³-hybridized carbons (Fsp3) is 0.240. The second kappa shape index (κ2) is 10.2. The van der Waals surface area contributed by atoms with Gasteiger partial charge in [-0.05, 0) is 67.8 Å². The lowest BCUT2D eigenvalue weighted by molar-refractivity contribution is -0.120. The molecule has 0 bridgehead atoms. The molecule has 0 aliphatic rings. The Morgan fingerprint density at radius 1 is 1.00 bits per heavy atom. The first-order valence-electron chi connectivity index (χ1n) is 10.4. The van der Waals surface area contributed by atoms with Crippen molar-refractivity contribution in [2.24, 2.45) is 0 Å². The van der Waals surface area contributed by atoms with Crippen molar-refractivity contribution in [2.45, 2.75) is 38.1 Å². The number of aryl methyl sites for hydroxylation is 2. The number of anilines is 1. The molecule has 1 N–H and O–H groups in total. The van der Waals surface area contributed by atoms with Crippen molar-refractivity contribution in [3.63, 3.8) is 0 Å². The Morgan fingerprint density at radius 2 is 1.66 bits per heavy atom. The number of sulfonamides is 1. The third-order valence-electron chi connectivity index (χ3n) is 5.28. The minimum Gasteiger partial charge on any atom is -0.348 e. The molecular formula is C25H27ClN2O3S. The molecule has 32 heavy (non-hydrogen) atoms. The fourth-order valence-electron chi connectivity index (χ4n) is 3.63. The molecule has 1 atom stereocenters. The van der Waals surface area contributed by atoms with Gasteiger partial charge in [0.2, 0.25) is 5.91 Å². The van der Waals surface area contributed by atoms with Crippen LogP contribution in [-0.2, 0) is 14.8 Å². The van der Waals surface area contributed by atoms with Crippen LogP contribution >= 0.6 is 11.6 Å². The van der Waals surface area contributed by atoms with Gasteiger partial charge in [0.25, 0.3) is 10.0 Å². The molecule has 3 rings (SSSR count). The van der Waals surface area contributed by atoms with Crippen molar-refractivity contribution in [3.05, 3.63) is 94.5 Å². The summed E-state index contributed by atoms with van der Waals surface area (Å²) >= 11 is 5.92. The van der Waals surface area contributed by atoms with Gasteiger partial charge in [-0.25, -0.2) is 8.42 Å². The monoisotopic (exact) mass is 470 g/mol. The lowest BCUT2D eigenvalue weighted by atomic mass is 9.97. The standard InChI is InChI=1S/C25H27ClN2O3S/c1-4-24(23-15-10-18(2)16-19(23)3)27-25(29)17-28(21-8-6-5-7-9-21)32(30,31)22-13-11-20(26)12-14-22/h5-16,24H,4,17H2,1-3H3,(H,27,29). The first-order valence-corrected chi connectivity index (χ1v) is 12.2. The third-order valence-corrected chi connectivity index (χ3v) is 7.32. The number of nitrogens with one attached hydrogen (secondary N) is 1. The summed E-state index contributed by atoms with van der Waals surface area (Å²) in [5.41, 5.74) is 3.68. The molecule has 0 saturated heterocycles. The van der Waals surface area contributed by atoms with Crippen LogP contribution in [0.4, 0.5) is 5.69 Å². The smallest absolute Gasteiger partial charge is 0.264 e. The lowest BCUT2D eigenvalue weighted by Gasteiger charge is -2.26. The Bertz CT molecular complexity index is 1180. The van der Waals surface area contributed by atoms with Crippen LogP contribution in [0.25, 0.3) is 0 Å². The van der Waals surface area contributed by atoms with Crippen molar-refractivity contribution in [1.82, 2.24) is 5.32 Å². The van der Waals surface area contributed by atoms with E-state index in [4.69, 9.17) is 11.6 Å². The van der Waals surface area contributed by atoms with E-state index in [0.29, 0.717) is 17.1 Å². The molecule has 1 unspecified atom stereocenters. The summed E-state index contributed by atoms with van der Waals surface area (Å²) in [5, 5.41) is 3.45. The van der Waals surface area contributed by atoms with Crippen LogP contribution in [0.5, 0.6) is 0 Å². The van der Waals surface area contributed by atoms with Crippen LogP contribution in [0.1, 0.15) is 36.1 Å². The summed E-state index contributed by atoms with van der Waals surface area (Å²) in [6.45, 7) is 5.69. The van der Waals surface area contributed by atoms with E-state index in [1.807, 2.05) is 32.9 Å². The van der Waals surface area contributed by atoms with Crippen LogP contribution in [0.2, 0.25) is 5.02 Å². The molecular weight excluding hydrogens is 444 g/mol. The zero-order chi connectivity index (χ0) is 23.3. The van der Waals surface area contributed by atoms with E-state index in [0.717, 1.165) is 21.0 Å². The normalized spacial score (nSPS) is 12.2. The summed E-state index contributed by atoms with van der Waals surface area (Å²) < 4.78 is 27.9. The molecule has 7 heteroatoms. The van der Waals surface area contributed by atoms with Crippen molar-refractivity contribution in [3.8, 4) is 0 Å². The van der Waals surface area contributed by atoms with E-state index in [1.165, 1.54) is 24.3 Å². The largest absolute Gasteiger partial charge is 0.348 e. The second-order valence-corrected chi connectivity index (χ2v) is 9.99. The molecule has 0 aliphatic carbocycles. The van der Waals surface area contributed by atoms with E-state index in [-0.39, 0.29) is 23.4 Å². The first kappa shape index (κ1) is 23.8. The predicted molar refractivity (Wildman–Crippen MR) is 130 cm³/mol. The summed E-state index contributed by atoms with van der Waals surface area (Å²) in [7, 11) is -3.97. The van der Waals surface area contributed by atoms with Gasteiger partial charge in [-0.2, -0.15) is 0 Å². The maximum Gasteiger partial charge on any atom is 0.264 e. The number of carbonyl (C=O) groups is 1. The van der Waals surface area contributed by atoms with Gasteiger partial charge in [0, 0.05) is 5.02 Å². The topological polar surface area (TPSA) is 66.5 Å². The van der Waals surface area contributed by atoms with Gasteiger partial charge in [-0.3, -0.25) is 9.10 Å². The van der Waals surface area contributed by atoms with Crippen LogP contribution in [0, 0.1) is 13.8 Å². The highest BCUT2D eigenvalue weighted by molar-refractivity contribution is 7.92. The quantitative estimate of drug-likeness (QED) is 0.478. The van der Waals surface area contributed by atoms with Gasteiger partial charge in [-0.1, -0.05) is 60.5 Å². The fourth-order valence-corrected chi connectivity index (χ4v) is 5.18. The predicted octanol–water partition coefficient (Wildman–Crippen LogP) is 5.42. The second-order valence-electron chi connectivity index (χ2n) is 7.69. The zero-order valence-corrected chi connectivity index (χ0v) is 20.0. The third kappa shape index (κ3) is 5.50. The van der Waals surface area contributed by atoms with Gasteiger partial charge in [-0.15, -0.1) is 0 Å². The Labute approximate surface area is 195 Å². The van der Waals surface area contributed by atoms with E-state index in [1.54, 1.807) is 30.3 Å². The Hall–Kier alpha value is -2.83. The molecule has 0 aromatic heterocycles. The minimum absolute atomic E-state index is 0.0694. The number of halogens is 1. The average molecular weight is 471 g/mol. The number of hydrogen-bond donors (Lipinski definition) is 1. The van der Waals surface area contributed by atoms with Gasteiger partial charge in [0.05, 0.1) is 16.6 Å². The molecule has 0 aliphatic heterocycles. The van der Waals surface area contributed by atoms with Crippen LogP contribution in [0.3, 0.4) is 0 Å². The number of amides is 1. The van der Waals surface area contributed by atoms with E-state index < -0.39 is 10.0 Å². The van der Waals surface area contributed by atoms with Crippen molar-refractivity contribution in [1.29, 1.82) is 0 Å². The number of benzene rings is 3. The number of carbonyl (C=O) groups excluding carboxylic acids is 1. The maximum absolute atomic E-state index is 13.4. The molecule has 1 amide bonds. The number of rotatable bonds is 8. The molecule has 0 heterocycles. The van der Waals surface area contributed by atoms with Crippen molar-refractivity contribution in [2.75, 3.05) is 10.8 Å². The van der Waals surface area contributed by atoms with E-state index in [9.17, 15) is 13.2 Å². The summed E-state index contributed by atoms with van der Waals surface area (Å²) in [6, 6.07) is 20.4. The maximum atomic E-state index is 13.4. The molecule has 168 valence electrons. The number of hydrogen-bond acceptors (Lipinski definition) is 3. The Kier molecular flexibility index (Phi) is 7.59. The molecule has 5 nitrogen and oxygen atoms in total. The van der Waals surface area contributed by atoms with Gasteiger partial charge in [0.15, 0.2) is 0 Å². The minimum atomic E-state index is -3.97. The summed E-state index contributed by atoms with van der Waals surface area (Å²) in [6.07, 6.45) is 0.685. The molecule has 0 spiro atoms. The highest BCUT2D eigenvalue weighted by Crippen LogP contribution is 2.25.